The van der Waals surface area contributed by atoms with Crippen LogP contribution in [0.15, 0.2) is 55.1 Å². The highest BCUT2D eigenvalue weighted by Crippen LogP contribution is 2.29. The standard InChI is InChI=1S/C18H16N6O6/c1-12(10-22-11-15(8-20-22)24(28)29)18(25)21-13-5-14(23(26)27)7-17(6-13)30-16-3-2-4-19-9-16/h2-9,11-12H,10H2,1H3,(H,21,25). The molecule has 1 atom stereocenters. The zero-order chi connectivity index (χ0) is 21.7. The van der Waals surface area contributed by atoms with E-state index in [0.717, 1.165) is 6.20 Å². The van der Waals surface area contributed by atoms with Crippen LogP contribution < -0.4 is 10.1 Å². The summed E-state index contributed by atoms with van der Waals surface area (Å²) in [7, 11) is 0. The third-order valence-electron chi connectivity index (χ3n) is 3.98. The number of rotatable bonds is 8. The first-order chi connectivity index (χ1) is 14.3. The Bertz CT molecular complexity index is 1080. The van der Waals surface area contributed by atoms with Gasteiger partial charge in [0.2, 0.25) is 5.91 Å². The van der Waals surface area contributed by atoms with Crippen LogP contribution in [0.4, 0.5) is 17.1 Å². The summed E-state index contributed by atoms with van der Waals surface area (Å²) in [5.74, 6) is -0.529. The first-order valence-corrected chi connectivity index (χ1v) is 8.67. The highest BCUT2D eigenvalue weighted by Gasteiger charge is 2.19. The molecule has 0 aliphatic carbocycles. The molecule has 1 amide bonds. The van der Waals surface area contributed by atoms with Crippen LogP contribution in [0.2, 0.25) is 0 Å². The van der Waals surface area contributed by atoms with Gasteiger partial charge in [0.25, 0.3) is 5.69 Å². The number of benzene rings is 1. The van der Waals surface area contributed by atoms with Crippen LogP contribution in [0.25, 0.3) is 0 Å². The Morgan fingerprint density at radius 2 is 1.93 bits per heavy atom. The van der Waals surface area contributed by atoms with Crippen molar-refractivity contribution in [1.82, 2.24) is 14.8 Å². The fourth-order valence-electron chi connectivity index (χ4n) is 2.54. The van der Waals surface area contributed by atoms with Crippen LogP contribution in [-0.4, -0.2) is 30.5 Å². The molecule has 12 heteroatoms. The fourth-order valence-corrected chi connectivity index (χ4v) is 2.54. The Morgan fingerprint density at radius 1 is 1.17 bits per heavy atom. The number of hydrogen-bond acceptors (Lipinski definition) is 8. The summed E-state index contributed by atoms with van der Waals surface area (Å²) in [4.78, 5) is 37.2. The van der Waals surface area contributed by atoms with Gasteiger partial charge in [0.15, 0.2) is 0 Å². The minimum Gasteiger partial charge on any atom is -0.455 e. The summed E-state index contributed by atoms with van der Waals surface area (Å²) in [6.45, 7) is 1.70. The maximum Gasteiger partial charge on any atom is 0.306 e. The maximum atomic E-state index is 12.5. The molecule has 1 unspecified atom stereocenters. The highest BCUT2D eigenvalue weighted by atomic mass is 16.6. The molecule has 2 aromatic heterocycles. The number of nitrogens with one attached hydrogen (secondary N) is 1. The van der Waals surface area contributed by atoms with Crippen LogP contribution in [-0.2, 0) is 11.3 Å². The van der Waals surface area contributed by atoms with Crippen LogP contribution in [0.5, 0.6) is 11.5 Å². The molecule has 30 heavy (non-hydrogen) atoms. The number of non-ortho nitro benzene ring substituents is 1. The number of nitrogens with zero attached hydrogens (tertiary/aromatic N) is 5. The molecule has 1 N–H and O–H groups in total. The molecular formula is C18H16N6O6. The second-order valence-electron chi connectivity index (χ2n) is 6.33. The minimum atomic E-state index is -0.619. The number of nitro groups is 2. The second kappa shape index (κ2) is 8.77. The predicted molar refractivity (Wildman–Crippen MR) is 104 cm³/mol. The Kier molecular flexibility index (Phi) is 5.96. The molecule has 12 nitrogen and oxygen atoms in total. The Balaban J connectivity index is 1.74. The van der Waals surface area contributed by atoms with Gasteiger partial charge in [0, 0.05) is 18.3 Å². The van der Waals surface area contributed by atoms with Crippen molar-refractivity contribution in [3.05, 3.63) is 75.3 Å². The van der Waals surface area contributed by atoms with Crippen LogP contribution in [0, 0.1) is 26.1 Å². The normalized spacial score (nSPS) is 11.5. The molecule has 3 rings (SSSR count). The average molecular weight is 412 g/mol. The van der Waals surface area contributed by atoms with E-state index in [9.17, 15) is 25.0 Å². The second-order valence-corrected chi connectivity index (χ2v) is 6.33. The van der Waals surface area contributed by atoms with Gasteiger partial charge in [-0.05, 0) is 12.1 Å². The summed E-state index contributed by atoms with van der Waals surface area (Å²) >= 11 is 0. The lowest BCUT2D eigenvalue weighted by atomic mass is 10.1. The van der Waals surface area contributed by atoms with E-state index in [1.165, 1.54) is 35.3 Å². The van der Waals surface area contributed by atoms with E-state index in [-0.39, 0.29) is 29.4 Å². The summed E-state index contributed by atoms with van der Waals surface area (Å²) in [5, 5.41) is 28.4. The van der Waals surface area contributed by atoms with E-state index >= 15 is 0 Å². The lowest BCUT2D eigenvalue weighted by Crippen LogP contribution is -2.24. The Labute approximate surface area is 169 Å². The number of ether oxygens (including phenoxy) is 1. The van der Waals surface area contributed by atoms with Crippen LogP contribution >= 0.6 is 0 Å². The Morgan fingerprint density at radius 3 is 2.57 bits per heavy atom. The van der Waals surface area contributed by atoms with Gasteiger partial charge in [-0.3, -0.25) is 34.7 Å². The van der Waals surface area contributed by atoms with Gasteiger partial charge in [-0.15, -0.1) is 0 Å². The van der Waals surface area contributed by atoms with Crippen molar-refractivity contribution in [2.24, 2.45) is 5.92 Å². The van der Waals surface area contributed by atoms with Crippen molar-refractivity contribution < 1.29 is 19.4 Å². The molecule has 0 saturated carbocycles. The van der Waals surface area contributed by atoms with Gasteiger partial charge in [0.1, 0.15) is 23.9 Å². The smallest absolute Gasteiger partial charge is 0.306 e. The van der Waals surface area contributed by atoms with Crippen molar-refractivity contribution in [3.8, 4) is 11.5 Å². The van der Waals surface area contributed by atoms with Gasteiger partial charge in [-0.25, -0.2) is 0 Å². The molecule has 0 spiro atoms. The SMILES string of the molecule is CC(Cn1cc([N+](=O)[O-])cn1)C(=O)Nc1cc(Oc2cccnc2)cc([N+](=O)[O-])c1. The quantitative estimate of drug-likeness (QED) is 0.437. The van der Waals surface area contributed by atoms with Gasteiger partial charge >= 0.3 is 5.69 Å². The summed E-state index contributed by atoms with van der Waals surface area (Å²) in [5.41, 5.74) is -0.271. The van der Waals surface area contributed by atoms with E-state index < -0.39 is 21.7 Å². The number of nitro benzene ring substituents is 1. The first kappa shape index (κ1) is 20.4. The van der Waals surface area contributed by atoms with Gasteiger partial charge in [-0.2, -0.15) is 5.10 Å². The third-order valence-corrected chi connectivity index (χ3v) is 3.98. The molecule has 0 radical (unpaired) electrons. The maximum absolute atomic E-state index is 12.5. The number of carbonyl (C=O) groups excluding carboxylic acids is 1. The van der Waals surface area contributed by atoms with E-state index in [1.54, 1.807) is 25.3 Å². The Hall–Kier alpha value is -4.35. The van der Waals surface area contributed by atoms with Crippen molar-refractivity contribution >= 4 is 23.0 Å². The molecule has 0 bridgehead atoms. The number of anilines is 1. The van der Waals surface area contributed by atoms with Crippen LogP contribution in [0.3, 0.4) is 0 Å². The van der Waals surface area contributed by atoms with Gasteiger partial charge < -0.3 is 10.1 Å². The highest BCUT2D eigenvalue weighted by molar-refractivity contribution is 5.92. The fraction of sp³-hybridized carbons (Fsp3) is 0.167. The van der Waals surface area contributed by atoms with Crippen molar-refractivity contribution in [3.63, 3.8) is 0 Å². The zero-order valence-corrected chi connectivity index (χ0v) is 15.7. The predicted octanol–water partition coefficient (Wildman–Crippen LogP) is 3.16. The largest absolute Gasteiger partial charge is 0.455 e. The van der Waals surface area contributed by atoms with Crippen molar-refractivity contribution in [2.75, 3.05) is 5.32 Å². The number of hydrogen-bond donors (Lipinski definition) is 1. The molecule has 0 fully saturated rings. The third kappa shape index (κ3) is 5.13. The van der Waals surface area contributed by atoms with E-state index in [1.807, 2.05) is 0 Å². The van der Waals surface area contributed by atoms with E-state index in [4.69, 9.17) is 4.74 Å². The molecule has 154 valence electrons. The lowest BCUT2D eigenvalue weighted by molar-refractivity contribution is -0.385. The molecule has 2 heterocycles. The van der Waals surface area contributed by atoms with Crippen LogP contribution in [0.1, 0.15) is 6.92 Å². The summed E-state index contributed by atoms with van der Waals surface area (Å²) < 4.78 is 6.86. The van der Waals surface area contributed by atoms with Gasteiger partial charge in [-0.1, -0.05) is 6.92 Å². The number of aromatic nitrogens is 3. The summed E-state index contributed by atoms with van der Waals surface area (Å²) in [6, 6.07) is 7.17. The molecule has 3 aromatic rings. The molecular weight excluding hydrogens is 396 g/mol. The number of pyridine rings is 1. The van der Waals surface area contributed by atoms with Crippen molar-refractivity contribution in [1.29, 1.82) is 0 Å². The molecule has 0 saturated heterocycles. The monoisotopic (exact) mass is 412 g/mol. The number of amides is 1. The summed E-state index contributed by atoms with van der Waals surface area (Å²) in [6.07, 6.45) is 5.31. The molecule has 0 aliphatic heterocycles. The molecule has 0 aliphatic rings. The topological polar surface area (TPSA) is 155 Å². The molecule has 1 aromatic carbocycles. The number of carbonyl (C=O) groups is 1. The zero-order valence-electron chi connectivity index (χ0n) is 15.7. The van der Waals surface area contributed by atoms with Crippen molar-refractivity contribution in [2.45, 2.75) is 13.5 Å². The average Bonchev–Trinajstić information content (AvgIpc) is 3.17. The van der Waals surface area contributed by atoms with E-state index in [0.29, 0.717) is 5.75 Å². The van der Waals surface area contributed by atoms with E-state index in [2.05, 4.69) is 15.4 Å². The van der Waals surface area contributed by atoms with Gasteiger partial charge in [0.05, 0.1) is 40.3 Å². The minimum absolute atomic E-state index is 0.0909. The lowest BCUT2D eigenvalue weighted by Gasteiger charge is -2.13. The first-order valence-electron chi connectivity index (χ1n) is 8.67.